The zero-order valence-electron chi connectivity index (χ0n) is 9.21. The molecule has 1 atom stereocenters. The molecule has 0 spiro atoms. The van der Waals surface area contributed by atoms with Crippen LogP contribution in [0.5, 0.6) is 0 Å². The Hall–Kier alpha value is -0.791. The summed E-state index contributed by atoms with van der Waals surface area (Å²) in [6, 6.07) is 17.6. The predicted molar refractivity (Wildman–Crippen MR) is 73.0 cm³/mol. The Morgan fingerprint density at radius 2 is 1.65 bits per heavy atom. The van der Waals surface area contributed by atoms with Crippen molar-refractivity contribution in [2.45, 2.75) is 11.4 Å². The summed E-state index contributed by atoms with van der Waals surface area (Å²) >= 11 is 6.11. The van der Waals surface area contributed by atoms with Crippen molar-refractivity contribution in [3.05, 3.63) is 65.2 Å². The van der Waals surface area contributed by atoms with Crippen LogP contribution in [0.25, 0.3) is 0 Å². The van der Waals surface area contributed by atoms with E-state index in [2.05, 4.69) is 0 Å². The standard InChI is InChI=1S/C14H13ClOSe/c15-12-6-8-13(9-7-12)17-10-14(16)11-4-2-1-3-5-11/h1-9,14,16H,10H2/t14-/m0/s1. The Labute approximate surface area is 113 Å². The summed E-state index contributed by atoms with van der Waals surface area (Å²) in [5.41, 5.74) is 0.989. The molecule has 0 saturated carbocycles. The van der Waals surface area contributed by atoms with Crippen LogP contribution in [0.4, 0.5) is 0 Å². The number of halogens is 1. The van der Waals surface area contributed by atoms with Crippen molar-refractivity contribution >= 4 is 31.0 Å². The molecule has 88 valence electrons. The maximum atomic E-state index is 10.0. The van der Waals surface area contributed by atoms with Gasteiger partial charge in [-0.3, -0.25) is 0 Å². The van der Waals surface area contributed by atoms with Crippen LogP contribution in [0.15, 0.2) is 54.6 Å². The molecule has 0 aromatic heterocycles. The Morgan fingerprint density at radius 1 is 1.00 bits per heavy atom. The minimum absolute atomic E-state index is 0.278. The first-order valence-electron chi connectivity index (χ1n) is 5.37. The third kappa shape index (κ3) is 3.86. The summed E-state index contributed by atoms with van der Waals surface area (Å²) < 4.78 is 1.26. The number of hydrogen-bond donors (Lipinski definition) is 1. The van der Waals surface area contributed by atoms with Gasteiger partial charge < -0.3 is 0 Å². The van der Waals surface area contributed by atoms with E-state index in [1.54, 1.807) is 0 Å². The first-order valence-corrected chi connectivity index (χ1v) is 7.81. The molecule has 0 amide bonds. The third-order valence-corrected chi connectivity index (χ3v) is 4.94. The molecule has 2 rings (SSSR count). The van der Waals surface area contributed by atoms with Crippen molar-refractivity contribution in [2.75, 3.05) is 0 Å². The van der Waals surface area contributed by atoms with Gasteiger partial charge >= 0.3 is 113 Å². The van der Waals surface area contributed by atoms with Crippen molar-refractivity contribution in [1.82, 2.24) is 0 Å². The molecule has 0 fully saturated rings. The summed E-state index contributed by atoms with van der Waals surface area (Å²) in [7, 11) is 0. The van der Waals surface area contributed by atoms with E-state index in [-0.39, 0.29) is 21.1 Å². The van der Waals surface area contributed by atoms with Crippen molar-refractivity contribution in [1.29, 1.82) is 0 Å². The fourth-order valence-corrected chi connectivity index (χ4v) is 3.43. The van der Waals surface area contributed by atoms with Crippen LogP contribution in [-0.4, -0.2) is 20.1 Å². The van der Waals surface area contributed by atoms with Gasteiger partial charge in [0, 0.05) is 0 Å². The van der Waals surface area contributed by atoms with Crippen LogP contribution in [0.1, 0.15) is 11.7 Å². The topological polar surface area (TPSA) is 20.2 Å². The number of benzene rings is 2. The monoisotopic (exact) mass is 312 g/mol. The summed E-state index contributed by atoms with van der Waals surface area (Å²) in [6.07, 6.45) is -0.369. The molecule has 0 aliphatic carbocycles. The molecule has 0 saturated heterocycles. The van der Waals surface area contributed by atoms with Crippen molar-refractivity contribution < 1.29 is 5.11 Å². The van der Waals surface area contributed by atoms with E-state index in [0.29, 0.717) is 0 Å². The third-order valence-electron chi connectivity index (χ3n) is 2.41. The van der Waals surface area contributed by atoms with Gasteiger partial charge in [0.15, 0.2) is 0 Å². The zero-order chi connectivity index (χ0) is 12.1. The van der Waals surface area contributed by atoms with Crippen LogP contribution in [0, 0.1) is 0 Å². The second-order valence-corrected chi connectivity index (χ2v) is 6.42. The van der Waals surface area contributed by atoms with Gasteiger partial charge in [-0.05, 0) is 0 Å². The SMILES string of the molecule is O[C@@H](C[Se]c1ccc(Cl)cc1)c1ccccc1. The van der Waals surface area contributed by atoms with Gasteiger partial charge in [-0.2, -0.15) is 0 Å². The van der Waals surface area contributed by atoms with Gasteiger partial charge in [0.1, 0.15) is 0 Å². The predicted octanol–water partition coefficient (Wildman–Crippen LogP) is 2.82. The summed E-state index contributed by atoms with van der Waals surface area (Å²) in [4.78, 5) is 0. The van der Waals surface area contributed by atoms with Gasteiger partial charge in [-0.15, -0.1) is 0 Å². The molecule has 0 heterocycles. The van der Waals surface area contributed by atoms with E-state index in [0.717, 1.165) is 15.9 Å². The molecule has 0 bridgehead atoms. The van der Waals surface area contributed by atoms with Gasteiger partial charge in [-0.1, -0.05) is 0 Å². The molecule has 3 heteroatoms. The van der Waals surface area contributed by atoms with Gasteiger partial charge in [0.2, 0.25) is 0 Å². The molecular formula is C14H13ClOSe. The van der Waals surface area contributed by atoms with E-state index in [1.807, 2.05) is 54.6 Å². The molecule has 0 unspecified atom stereocenters. The van der Waals surface area contributed by atoms with Gasteiger partial charge in [0.25, 0.3) is 0 Å². The number of hydrogen-bond acceptors (Lipinski definition) is 1. The van der Waals surface area contributed by atoms with E-state index >= 15 is 0 Å². The Kier molecular flexibility index (Phi) is 4.64. The van der Waals surface area contributed by atoms with Crippen LogP contribution < -0.4 is 4.46 Å². The normalized spacial score (nSPS) is 12.4. The van der Waals surface area contributed by atoms with Gasteiger partial charge in [0.05, 0.1) is 0 Å². The van der Waals surface area contributed by atoms with Gasteiger partial charge in [-0.25, -0.2) is 0 Å². The average Bonchev–Trinajstić information content (AvgIpc) is 2.39. The van der Waals surface area contributed by atoms with E-state index in [4.69, 9.17) is 11.6 Å². The van der Waals surface area contributed by atoms with Crippen LogP contribution in [0.2, 0.25) is 10.3 Å². The molecule has 2 aromatic rings. The first kappa shape index (κ1) is 12.7. The van der Waals surface area contributed by atoms with E-state index in [1.165, 1.54) is 4.46 Å². The Bertz CT molecular complexity index is 455. The van der Waals surface area contributed by atoms with Crippen molar-refractivity contribution in [2.24, 2.45) is 0 Å². The molecule has 1 N–H and O–H groups in total. The fraction of sp³-hybridized carbons (Fsp3) is 0.143. The molecule has 17 heavy (non-hydrogen) atoms. The molecular weight excluding hydrogens is 299 g/mol. The average molecular weight is 312 g/mol. The molecule has 0 aliphatic heterocycles. The van der Waals surface area contributed by atoms with Crippen LogP contribution in [0.3, 0.4) is 0 Å². The summed E-state index contributed by atoms with van der Waals surface area (Å²) in [6.45, 7) is 0. The maximum absolute atomic E-state index is 10.0. The second-order valence-electron chi connectivity index (χ2n) is 3.69. The Morgan fingerprint density at radius 3 is 2.29 bits per heavy atom. The quantitative estimate of drug-likeness (QED) is 0.861. The fourth-order valence-electron chi connectivity index (χ4n) is 1.48. The summed E-state index contributed by atoms with van der Waals surface area (Å²) in [5, 5.41) is 11.6. The Balaban J connectivity index is 1.92. The molecule has 2 aromatic carbocycles. The molecule has 1 nitrogen and oxygen atoms in total. The number of aliphatic hydroxyl groups is 1. The zero-order valence-corrected chi connectivity index (χ0v) is 11.7. The minimum atomic E-state index is -0.369. The van der Waals surface area contributed by atoms with E-state index in [9.17, 15) is 5.11 Å². The molecule has 0 aliphatic rings. The van der Waals surface area contributed by atoms with Crippen LogP contribution >= 0.6 is 11.6 Å². The van der Waals surface area contributed by atoms with Crippen molar-refractivity contribution in [3.63, 3.8) is 0 Å². The van der Waals surface area contributed by atoms with E-state index < -0.39 is 0 Å². The van der Waals surface area contributed by atoms with Crippen molar-refractivity contribution in [3.8, 4) is 0 Å². The number of aliphatic hydroxyl groups excluding tert-OH is 1. The molecule has 0 radical (unpaired) electrons. The summed E-state index contributed by atoms with van der Waals surface area (Å²) in [5.74, 6) is 0. The van der Waals surface area contributed by atoms with Crippen LogP contribution in [-0.2, 0) is 0 Å². The number of rotatable bonds is 4. The first-order chi connectivity index (χ1) is 8.25. The second kappa shape index (κ2) is 6.23.